The quantitative estimate of drug-likeness (QED) is 0.455. The summed E-state index contributed by atoms with van der Waals surface area (Å²) < 4.78 is 10.8. The van der Waals surface area contributed by atoms with Crippen molar-refractivity contribution in [2.24, 2.45) is 0 Å². The number of hydrogen-bond acceptors (Lipinski definition) is 4. The number of carbonyl (C=O) groups is 1. The molecule has 1 amide bonds. The maximum Gasteiger partial charge on any atom is 0.207 e. The van der Waals surface area contributed by atoms with E-state index in [1.807, 2.05) is 0 Å². The van der Waals surface area contributed by atoms with E-state index in [-0.39, 0.29) is 19.3 Å². The topological polar surface area (TPSA) is 92.3 Å². The van der Waals surface area contributed by atoms with Crippen LogP contribution in [0.2, 0.25) is 0 Å². The molecule has 12 heavy (non-hydrogen) atoms. The maximum atomic E-state index is 10.8. The molecule has 0 aliphatic rings. The molecule has 0 aromatic carbocycles. The molecule has 0 aromatic heterocycles. The third kappa shape index (κ3) is 2.06. The number of hydrogen-bond donors (Lipinski definition) is 1. The standard InChI is InChI=1S/C6H14NO4P/c1-3-6(4-2,7-5-8)12(9,10)11/h5H,3-4H2,1-2H3,(H,7,8)(H2,9,10,11)/p-2. The molecule has 0 saturated heterocycles. The molecule has 0 bridgehead atoms. The fourth-order valence-electron chi connectivity index (χ4n) is 1.03. The molecular formula is C6H12NO4P-2. The van der Waals surface area contributed by atoms with Gasteiger partial charge in [0.1, 0.15) is 0 Å². The maximum absolute atomic E-state index is 10.8. The van der Waals surface area contributed by atoms with Crippen LogP contribution in [-0.2, 0) is 9.36 Å². The molecule has 0 aliphatic heterocycles. The second-order valence-corrected chi connectivity index (χ2v) is 4.35. The Labute approximate surface area is 71.3 Å². The summed E-state index contributed by atoms with van der Waals surface area (Å²) in [6.07, 6.45) is 0.425. The number of carbonyl (C=O) groups excluding carboxylic acids is 1. The van der Waals surface area contributed by atoms with Crippen LogP contribution in [0.5, 0.6) is 0 Å². The summed E-state index contributed by atoms with van der Waals surface area (Å²) in [5, 5.41) is 0.464. The van der Waals surface area contributed by atoms with Gasteiger partial charge in [-0.3, -0.25) is 4.79 Å². The largest absolute Gasteiger partial charge is 0.809 e. The van der Waals surface area contributed by atoms with E-state index in [4.69, 9.17) is 0 Å². The highest BCUT2D eigenvalue weighted by Crippen LogP contribution is 2.44. The van der Waals surface area contributed by atoms with Crippen LogP contribution in [0.15, 0.2) is 0 Å². The fraction of sp³-hybridized carbons (Fsp3) is 0.833. The number of amides is 1. The van der Waals surface area contributed by atoms with E-state index in [2.05, 4.69) is 5.32 Å². The van der Waals surface area contributed by atoms with Gasteiger partial charge in [-0.15, -0.1) is 0 Å². The summed E-state index contributed by atoms with van der Waals surface area (Å²) in [6, 6.07) is 0. The minimum Gasteiger partial charge on any atom is -0.809 e. The fourth-order valence-corrected chi connectivity index (χ4v) is 2.02. The van der Waals surface area contributed by atoms with E-state index >= 15 is 0 Å². The normalized spacial score (nSPS) is 12.7. The minimum absolute atomic E-state index is 0.0898. The molecule has 0 saturated carbocycles. The lowest BCUT2D eigenvalue weighted by molar-refractivity contribution is -0.322. The molecule has 0 aliphatic carbocycles. The van der Waals surface area contributed by atoms with Crippen LogP contribution in [0.4, 0.5) is 0 Å². The first kappa shape index (κ1) is 11.6. The molecule has 0 rings (SSSR count). The Kier molecular flexibility index (Phi) is 3.90. The zero-order valence-corrected chi connectivity index (χ0v) is 7.97. The predicted molar refractivity (Wildman–Crippen MR) is 40.1 cm³/mol. The number of nitrogens with one attached hydrogen (secondary N) is 1. The van der Waals surface area contributed by atoms with Crippen molar-refractivity contribution in [3.05, 3.63) is 0 Å². The van der Waals surface area contributed by atoms with Crippen molar-refractivity contribution in [2.75, 3.05) is 0 Å². The van der Waals surface area contributed by atoms with Gasteiger partial charge >= 0.3 is 0 Å². The van der Waals surface area contributed by atoms with Gasteiger partial charge in [0.2, 0.25) is 6.41 Å². The van der Waals surface area contributed by atoms with Crippen LogP contribution in [0.25, 0.3) is 0 Å². The second kappa shape index (κ2) is 4.03. The summed E-state index contributed by atoms with van der Waals surface area (Å²) in [5.74, 6) is 0. The first-order chi connectivity index (χ1) is 5.43. The van der Waals surface area contributed by atoms with Gasteiger partial charge in [0, 0.05) is 0 Å². The molecule has 5 nitrogen and oxygen atoms in total. The monoisotopic (exact) mass is 193 g/mol. The summed E-state index contributed by atoms with van der Waals surface area (Å²) in [6.45, 7) is 3.09. The average Bonchev–Trinajstić information content (AvgIpc) is 1.98. The van der Waals surface area contributed by atoms with E-state index in [1.165, 1.54) is 0 Å². The van der Waals surface area contributed by atoms with E-state index < -0.39 is 12.9 Å². The smallest absolute Gasteiger partial charge is 0.207 e. The second-order valence-electron chi connectivity index (χ2n) is 2.50. The molecule has 0 atom stereocenters. The third-order valence-corrected chi connectivity index (χ3v) is 3.83. The van der Waals surface area contributed by atoms with Gasteiger partial charge in [0.05, 0.1) is 5.28 Å². The Morgan fingerprint density at radius 2 is 1.83 bits per heavy atom. The third-order valence-electron chi connectivity index (χ3n) is 2.02. The zero-order chi connectivity index (χ0) is 9.83. The summed E-state index contributed by atoms with van der Waals surface area (Å²) in [5.41, 5.74) is 0. The minimum atomic E-state index is -4.77. The molecule has 0 aromatic rings. The molecule has 0 heterocycles. The lowest BCUT2D eigenvalue weighted by Crippen LogP contribution is -2.49. The Hall–Kier alpha value is -0.380. The Morgan fingerprint density at radius 1 is 1.42 bits per heavy atom. The Morgan fingerprint density at radius 3 is 1.92 bits per heavy atom. The number of rotatable bonds is 5. The van der Waals surface area contributed by atoms with Crippen molar-refractivity contribution in [1.29, 1.82) is 0 Å². The summed E-state index contributed by atoms with van der Waals surface area (Å²) >= 11 is 0. The molecule has 0 spiro atoms. The van der Waals surface area contributed by atoms with Gasteiger partial charge in [0.25, 0.3) is 0 Å². The van der Waals surface area contributed by atoms with E-state index in [0.29, 0.717) is 0 Å². The lowest BCUT2D eigenvalue weighted by atomic mass is 10.1. The van der Waals surface area contributed by atoms with Crippen LogP contribution >= 0.6 is 7.60 Å². The molecule has 0 unspecified atom stereocenters. The van der Waals surface area contributed by atoms with Gasteiger partial charge in [-0.05, 0) is 20.4 Å². The van der Waals surface area contributed by atoms with Crippen molar-refractivity contribution in [3.8, 4) is 0 Å². The van der Waals surface area contributed by atoms with E-state index in [0.717, 1.165) is 0 Å². The van der Waals surface area contributed by atoms with Gasteiger partial charge in [0.15, 0.2) is 0 Å². The molecule has 0 fully saturated rings. The van der Waals surface area contributed by atoms with Crippen LogP contribution in [0.1, 0.15) is 26.7 Å². The van der Waals surface area contributed by atoms with Crippen molar-refractivity contribution < 1.29 is 19.1 Å². The van der Waals surface area contributed by atoms with Crippen molar-refractivity contribution in [1.82, 2.24) is 5.32 Å². The van der Waals surface area contributed by atoms with Crippen molar-refractivity contribution in [2.45, 2.75) is 32.0 Å². The van der Waals surface area contributed by atoms with Crippen LogP contribution in [0, 0.1) is 0 Å². The highest BCUT2D eigenvalue weighted by atomic mass is 31.2. The van der Waals surface area contributed by atoms with Gasteiger partial charge < -0.3 is 19.7 Å². The molecule has 1 N–H and O–H groups in total. The van der Waals surface area contributed by atoms with E-state index in [1.54, 1.807) is 13.8 Å². The molecule has 6 heteroatoms. The average molecular weight is 193 g/mol. The Bertz CT molecular complexity index is 196. The SMILES string of the molecule is CCC(CC)(NC=O)P(=O)([O-])[O-]. The zero-order valence-electron chi connectivity index (χ0n) is 7.07. The predicted octanol–water partition coefficient (Wildman–Crippen LogP) is -0.838. The van der Waals surface area contributed by atoms with Crippen molar-refractivity contribution in [3.63, 3.8) is 0 Å². The first-order valence-corrected chi connectivity index (χ1v) is 5.21. The van der Waals surface area contributed by atoms with Gasteiger partial charge in [-0.2, -0.15) is 0 Å². The first-order valence-electron chi connectivity index (χ1n) is 3.67. The molecular weight excluding hydrogens is 181 g/mol. The van der Waals surface area contributed by atoms with Gasteiger partial charge in [-0.1, -0.05) is 13.8 Å². The van der Waals surface area contributed by atoms with Crippen molar-refractivity contribution >= 4 is 14.0 Å². The van der Waals surface area contributed by atoms with Crippen LogP contribution in [0.3, 0.4) is 0 Å². The highest BCUT2D eigenvalue weighted by molar-refractivity contribution is 7.50. The molecule has 72 valence electrons. The Balaban J connectivity index is 4.82. The van der Waals surface area contributed by atoms with Gasteiger partial charge in [-0.25, -0.2) is 0 Å². The molecule has 0 radical (unpaired) electrons. The van der Waals surface area contributed by atoms with Crippen LogP contribution in [-0.4, -0.2) is 11.7 Å². The van der Waals surface area contributed by atoms with Crippen LogP contribution < -0.4 is 15.1 Å². The van der Waals surface area contributed by atoms with E-state index in [9.17, 15) is 19.1 Å². The lowest BCUT2D eigenvalue weighted by Gasteiger charge is -2.48. The summed E-state index contributed by atoms with van der Waals surface area (Å²) in [4.78, 5) is 31.6. The highest BCUT2D eigenvalue weighted by Gasteiger charge is 2.29. The summed E-state index contributed by atoms with van der Waals surface area (Å²) in [7, 11) is -4.77.